The maximum atomic E-state index is 8.69. The van der Waals surface area contributed by atoms with Crippen LogP contribution in [0.1, 0.15) is 32.1 Å². The Bertz CT molecular complexity index is 140. The quantitative estimate of drug-likeness (QED) is 0.398. The average Bonchev–Trinajstić information content (AvgIpc) is 1.90. The molecule has 11 heavy (non-hydrogen) atoms. The molecule has 0 aromatic rings. The second kappa shape index (κ2) is 6.69. The van der Waals surface area contributed by atoms with E-state index in [1.54, 1.807) is 0 Å². The third-order valence-electron chi connectivity index (χ3n) is 1.85. The molecule has 0 aromatic carbocycles. The first-order chi connectivity index (χ1) is 4.27. The Balaban J connectivity index is 0. The van der Waals surface area contributed by atoms with E-state index in [4.69, 9.17) is 5.26 Å². The van der Waals surface area contributed by atoms with Crippen LogP contribution in [0.5, 0.6) is 0 Å². The summed E-state index contributed by atoms with van der Waals surface area (Å²) >= 11 is 2.29. The molecule has 1 saturated carbocycles. The van der Waals surface area contributed by atoms with Crippen molar-refractivity contribution in [2.45, 2.75) is 35.5 Å². The smallest absolute Gasteiger partial charge is 0.108 e. The van der Waals surface area contributed by atoms with Gasteiger partial charge in [-0.25, -0.2) is 0 Å². The van der Waals surface area contributed by atoms with E-state index < -0.39 is 0 Å². The molecule has 1 rings (SSSR count). The van der Waals surface area contributed by atoms with E-state index in [1.807, 2.05) is 0 Å². The van der Waals surface area contributed by atoms with Crippen molar-refractivity contribution >= 4 is 35.0 Å². The Morgan fingerprint density at radius 3 is 1.91 bits per heavy atom. The zero-order chi connectivity index (χ0) is 6.74. The van der Waals surface area contributed by atoms with Gasteiger partial charge in [0.05, 0.1) is 6.07 Å². The molecule has 0 unspecified atom stereocenters. The van der Waals surface area contributed by atoms with Crippen LogP contribution in [0.15, 0.2) is 0 Å². The van der Waals surface area contributed by atoms with Gasteiger partial charge in [-0.1, -0.05) is 41.9 Å². The largest absolute Gasteiger partial charge is 0.197 e. The molecule has 1 nitrogen and oxygen atoms in total. The van der Waals surface area contributed by atoms with Crippen molar-refractivity contribution in [2.24, 2.45) is 0 Å². The molecule has 0 N–H and O–H groups in total. The Morgan fingerprint density at radius 2 is 1.64 bits per heavy atom. The molecule has 0 amide bonds. The SMILES string of the molecule is Cl.N#CC1(I)CCCCC1.[Pt]. The standard InChI is InChI=1S/C7H10IN.ClH.Pt/c8-7(6-9)4-2-1-3-5-7;;/h1-5H2;1H;. The zero-order valence-corrected chi connectivity index (χ0v) is 11.3. The van der Waals surface area contributed by atoms with E-state index in [1.165, 1.54) is 19.3 Å². The van der Waals surface area contributed by atoms with Crippen LogP contribution in [0.4, 0.5) is 0 Å². The number of alkyl halides is 1. The van der Waals surface area contributed by atoms with Gasteiger partial charge >= 0.3 is 0 Å². The molecule has 1 fully saturated rings. The topological polar surface area (TPSA) is 23.8 Å². The van der Waals surface area contributed by atoms with Gasteiger partial charge in [0.2, 0.25) is 0 Å². The summed E-state index contributed by atoms with van der Waals surface area (Å²) in [7, 11) is 0. The molecule has 4 heteroatoms. The van der Waals surface area contributed by atoms with Gasteiger partial charge in [-0.05, 0) is 12.8 Å². The first-order valence-corrected chi connectivity index (χ1v) is 4.45. The summed E-state index contributed by atoms with van der Waals surface area (Å²) in [6.07, 6.45) is 6.02. The summed E-state index contributed by atoms with van der Waals surface area (Å²) in [6.45, 7) is 0. The molecule has 0 aromatic heterocycles. The van der Waals surface area contributed by atoms with Crippen molar-refractivity contribution in [3.63, 3.8) is 0 Å². The van der Waals surface area contributed by atoms with Crippen LogP contribution in [0.25, 0.3) is 0 Å². The number of rotatable bonds is 0. The van der Waals surface area contributed by atoms with E-state index >= 15 is 0 Å². The minimum Gasteiger partial charge on any atom is -0.197 e. The van der Waals surface area contributed by atoms with Crippen LogP contribution in [0, 0.1) is 11.3 Å². The van der Waals surface area contributed by atoms with Crippen molar-refractivity contribution in [2.75, 3.05) is 0 Å². The molecule has 0 aliphatic heterocycles. The van der Waals surface area contributed by atoms with Crippen molar-refractivity contribution in [3.8, 4) is 6.07 Å². The molecule has 0 heterocycles. The minimum absolute atomic E-state index is 0. The van der Waals surface area contributed by atoms with Gasteiger partial charge in [-0.15, -0.1) is 12.4 Å². The maximum Gasteiger partial charge on any atom is 0.108 e. The van der Waals surface area contributed by atoms with Crippen molar-refractivity contribution < 1.29 is 21.1 Å². The van der Waals surface area contributed by atoms with Crippen molar-refractivity contribution in [1.82, 2.24) is 0 Å². The number of halogens is 2. The third-order valence-corrected chi connectivity index (χ3v) is 3.17. The summed E-state index contributed by atoms with van der Waals surface area (Å²) in [6, 6.07) is 2.37. The summed E-state index contributed by atoms with van der Waals surface area (Å²) in [5.41, 5.74) is 0. The van der Waals surface area contributed by atoms with Crippen molar-refractivity contribution in [1.29, 1.82) is 5.26 Å². The van der Waals surface area contributed by atoms with Crippen molar-refractivity contribution in [3.05, 3.63) is 0 Å². The molecule has 0 saturated heterocycles. The van der Waals surface area contributed by atoms with Crippen LogP contribution < -0.4 is 0 Å². The van der Waals surface area contributed by atoms with Crippen LogP contribution in [0.3, 0.4) is 0 Å². The van der Waals surface area contributed by atoms with Crippen LogP contribution in [0.2, 0.25) is 0 Å². The summed E-state index contributed by atoms with van der Waals surface area (Å²) in [5.74, 6) is 0. The van der Waals surface area contributed by atoms with E-state index in [-0.39, 0.29) is 36.9 Å². The molecule has 0 bridgehead atoms. The second-order valence-electron chi connectivity index (χ2n) is 2.64. The third kappa shape index (κ3) is 4.70. The van der Waals surface area contributed by atoms with E-state index in [2.05, 4.69) is 28.7 Å². The Morgan fingerprint density at radius 1 is 1.18 bits per heavy atom. The fourth-order valence-electron chi connectivity index (χ4n) is 1.22. The van der Waals surface area contributed by atoms with Gasteiger partial charge in [0.15, 0.2) is 0 Å². The molecular weight excluding hydrogens is 456 g/mol. The van der Waals surface area contributed by atoms with E-state index in [0.29, 0.717) is 0 Å². The summed E-state index contributed by atoms with van der Waals surface area (Å²) in [4.78, 5) is 0. The predicted molar refractivity (Wildman–Crippen MR) is 52.7 cm³/mol. The van der Waals surface area contributed by atoms with E-state index in [9.17, 15) is 0 Å². The molecule has 0 atom stereocenters. The molecule has 0 spiro atoms. The normalized spacial score (nSPS) is 20.4. The number of nitriles is 1. The fourth-order valence-corrected chi connectivity index (χ4v) is 1.99. The van der Waals surface area contributed by atoms with Gasteiger partial charge in [0.25, 0.3) is 0 Å². The molecule has 1 aliphatic carbocycles. The fraction of sp³-hybridized carbons (Fsp3) is 0.857. The predicted octanol–water partition coefficient (Wildman–Crippen LogP) is 3.07. The first-order valence-electron chi connectivity index (χ1n) is 3.37. The molecule has 68 valence electrons. The number of nitrogens with zero attached hydrogens (tertiary/aromatic N) is 1. The van der Waals surface area contributed by atoms with Crippen LogP contribution >= 0.6 is 35.0 Å². The summed E-state index contributed by atoms with van der Waals surface area (Å²) < 4.78 is -0.00396. The Kier molecular flexibility index (Phi) is 8.94. The van der Waals surface area contributed by atoms with E-state index in [0.717, 1.165) is 12.8 Å². The molecular formula is C7H11ClINPt. The second-order valence-corrected chi connectivity index (χ2v) is 4.70. The minimum atomic E-state index is -0.00396. The first kappa shape index (κ1) is 14.7. The van der Waals surface area contributed by atoms with Gasteiger partial charge in [-0.3, -0.25) is 0 Å². The van der Waals surface area contributed by atoms with Crippen LogP contribution in [-0.4, -0.2) is 3.42 Å². The van der Waals surface area contributed by atoms with Gasteiger partial charge in [-0.2, -0.15) is 5.26 Å². The number of hydrogen-bond acceptors (Lipinski definition) is 1. The van der Waals surface area contributed by atoms with Crippen LogP contribution in [-0.2, 0) is 21.1 Å². The Labute approximate surface area is 102 Å². The molecule has 0 radical (unpaired) electrons. The maximum absolute atomic E-state index is 8.69. The average molecular weight is 467 g/mol. The monoisotopic (exact) mass is 466 g/mol. The molecule has 1 aliphatic rings. The Hall–Kier alpha value is 1.20. The van der Waals surface area contributed by atoms with Gasteiger partial charge in [0, 0.05) is 21.1 Å². The zero-order valence-electron chi connectivity index (χ0n) is 6.09. The number of hydrogen-bond donors (Lipinski definition) is 0. The van der Waals surface area contributed by atoms with Gasteiger partial charge < -0.3 is 0 Å². The van der Waals surface area contributed by atoms with Gasteiger partial charge in [0.1, 0.15) is 3.42 Å². The summed E-state index contributed by atoms with van der Waals surface area (Å²) in [5, 5.41) is 8.69.